The van der Waals surface area contributed by atoms with E-state index in [1.165, 1.54) is 7.11 Å². The molecular weight excluding hydrogens is 418 g/mol. The number of benzene rings is 3. The van der Waals surface area contributed by atoms with Gasteiger partial charge in [0.1, 0.15) is 24.1 Å². The van der Waals surface area contributed by atoms with Crippen molar-refractivity contribution in [2.75, 3.05) is 20.8 Å². The number of para-hydroxylation sites is 1. The van der Waals surface area contributed by atoms with Gasteiger partial charge in [0.05, 0.1) is 25.2 Å². The molecule has 1 spiro atoms. The number of ketones is 1. The van der Waals surface area contributed by atoms with E-state index in [1.54, 1.807) is 19.2 Å². The molecule has 0 bridgehead atoms. The Kier molecular flexibility index (Phi) is 5.38. The summed E-state index contributed by atoms with van der Waals surface area (Å²) in [6, 6.07) is 23.3. The smallest absolute Gasteiger partial charge is 0.323 e. The predicted molar refractivity (Wildman–Crippen MR) is 123 cm³/mol. The maximum atomic E-state index is 14.3. The van der Waals surface area contributed by atoms with Crippen LogP contribution < -0.4 is 14.8 Å². The molecule has 2 aliphatic heterocycles. The van der Waals surface area contributed by atoms with Crippen molar-refractivity contribution in [2.45, 2.75) is 18.0 Å². The first-order valence-electron chi connectivity index (χ1n) is 10.9. The normalized spacial score (nSPS) is 25.9. The minimum absolute atomic E-state index is 0.0436. The fourth-order valence-corrected chi connectivity index (χ4v) is 5.31. The lowest BCUT2D eigenvalue weighted by atomic mass is 9.62. The molecule has 0 saturated carbocycles. The summed E-state index contributed by atoms with van der Waals surface area (Å²) in [6.45, 7) is 0.138. The number of hydrogen-bond acceptors (Lipinski definition) is 6. The highest BCUT2D eigenvalue weighted by atomic mass is 16.5. The first kappa shape index (κ1) is 21.2. The Morgan fingerprint density at radius 1 is 0.939 bits per heavy atom. The number of carbonyl (C=O) groups excluding carboxylic acids is 2. The Morgan fingerprint density at radius 2 is 1.64 bits per heavy atom. The summed E-state index contributed by atoms with van der Waals surface area (Å²) < 4.78 is 16.7. The molecule has 0 radical (unpaired) electrons. The lowest BCUT2D eigenvalue weighted by molar-refractivity contribution is -0.143. The number of carbonyl (C=O) groups is 2. The van der Waals surface area contributed by atoms with Gasteiger partial charge in [-0.25, -0.2) is 0 Å². The molecule has 5 rings (SSSR count). The fraction of sp³-hybridized carbons (Fsp3) is 0.259. The van der Waals surface area contributed by atoms with Gasteiger partial charge in [0, 0.05) is 12.0 Å². The van der Waals surface area contributed by atoms with Crippen LogP contribution in [0.3, 0.4) is 0 Å². The number of rotatable bonds is 4. The van der Waals surface area contributed by atoms with Crippen molar-refractivity contribution in [3.63, 3.8) is 0 Å². The van der Waals surface area contributed by atoms with Crippen LogP contribution in [0.2, 0.25) is 0 Å². The number of ether oxygens (including phenoxy) is 3. The van der Waals surface area contributed by atoms with E-state index in [0.29, 0.717) is 17.1 Å². The topological polar surface area (TPSA) is 73.9 Å². The van der Waals surface area contributed by atoms with Crippen molar-refractivity contribution in [3.8, 4) is 11.5 Å². The van der Waals surface area contributed by atoms with E-state index in [-0.39, 0.29) is 12.4 Å². The number of Topliss-reactive ketones (excluding diaryl/α,β-unsaturated/α-hetero) is 1. The van der Waals surface area contributed by atoms with Crippen molar-refractivity contribution in [2.24, 2.45) is 5.41 Å². The molecule has 33 heavy (non-hydrogen) atoms. The zero-order chi connectivity index (χ0) is 23.0. The van der Waals surface area contributed by atoms with Crippen molar-refractivity contribution < 1.29 is 23.8 Å². The summed E-state index contributed by atoms with van der Waals surface area (Å²) in [4.78, 5) is 27.3. The average molecular weight is 443 g/mol. The van der Waals surface area contributed by atoms with Gasteiger partial charge in [-0.15, -0.1) is 0 Å². The van der Waals surface area contributed by atoms with E-state index in [9.17, 15) is 9.59 Å². The minimum Gasteiger partial charge on any atom is -0.497 e. The summed E-state index contributed by atoms with van der Waals surface area (Å²) in [5.41, 5.74) is 1.23. The fourth-order valence-electron chi connectivity index (χ4n) is 5.31. The molecule has 3 aromatic carbocycles. The van der Waals surface area contributed by atoms with E-state index < -0.39 is 29.4 Å². The summed E-state index contributed by atoms with van der Waals surface area (Å²) in [5, 5.41) is 3.45. The molecule has 4 atom stereocenters. The van der Waals surface area contributed by atoms with E-state index >= 15 is 0 Å². The average Bonchev–Trinajstić information content (AvgIpc) is 3.22. The first-order valence-corrected chi connectivity index (χ1v) is 10.9. The molecule has 0 amide bonds. The van der Waals surface area contributed by atoms with Crippen LogP contribution in [0.15, 0.2) is 78.9 Å². The molecule has 0 aliphatic carbocycles. The highest BCUT2D eigenvalue weighted by Crippen LogP contribution is 2.57. The molecule has 2 heterocycles. The van der Waals surface area contributed by atoms with Gasteiger partial charge in [-0.05, 0) is 35.4 Å². The SMILES string of the molecule is COC(=O)[C@H]1N[C@@H](c2ccccc2)[C@]2(COc3ccccc3C2=O)[C@@H]1c1ccc(OC)cc1. The van der Waals surface area contributed by atoms with E-state index in [4.69, 9.17) is 14.2 Å². The number of hydrogen-bond donors (Lipinski definition) is 1. The molecule has 0 unspecified atom stereocenters. The van der Waals surface area contributed by atoms with Crippen LogP contribution >= 0.6 is 0 Å². The van der Waals surface area contributed by atoms with Gasteiger partial charge in [-0.3, -0.25) is 14.9 Å². The van der Waals surface area contributed by atoms with Gasteiger partial charge in [0.15, 0.2) is 5.78 Å². The minimum atomic E-state index is -1.05. The van der Waals surface area contributed by atoms with Crippen LogP contribution in [0.1, 0.15) is 33.4 Å². The Labute approximate surface area is 192 Å². The van der Waals surface area contributed by atoms with Crippen molar-refractivity contribution in [3.05, 3.63) is 95.6 Å². The summed E-state index contributed by atoms with van der Waals surface area (Å²) in [6.07, 6.45) is 0. The molecule has 6 heteroatoms. The second kappa shape index (κ2) is 8.37. The maximum absolute atomic E-state index is 14.3. The second-order valence-corrected chi connectivity index (χ2v) is 8.42. The standard InChI is InChI=1S/C27H25NO5/c1-31-19-14-12-17(13-15-19)22-23(26(30)32-2)28-24(18-8-4-3-5-9-18)27(22)16-33-21-11-7-6-10-20(21)25(27)29/h3-15,22-24,28H,16H2,1-2H3/t22-,23+,24+,27+/m1/s1. The Hall–Kier alpha value is -3.64. The predicted octanol–water partition coefficient (Wildman–Crippen LogP) is 3.93. The van der Waals surface area contributed by atoms with E-state index in [2.05, 4.69) is 5.32 Å². The highest BCUT2D eigenvalue weighted by molar-refractivity contribution is 6.06. The van der Waals surface area contributed by atoms with Crippen LogP contribution in [0, 0.1) is 5.41 Å². The lowest BCUT2D eigenvalue weighted by Crippen LogP contribution is -2.48. The van der Waals surface area contributed by atoms with Gasteiger partial charge in [-0.2, -0.15) is 0 Å². The summed E-state index contributed by atoms with van der Waals surface area (Å²) in [5.74, 6) is 0.291. The number of fused-ring (bicyclic) bond motifs is 1. The first-order chi connectivity index (χ1) is 16.1. The van der Waals surface area contributed by atoms with Gasteiger partial charge in [0.25, 0.3) is 0 Å². The van der Waals surface area contributed by atoms with E-state index in [0.717, 1.165) is 11.1 Å². The van der Waals surface area contributed by atoms with Crippen molar-refractivity contribution >= 4 is 11.8 Å². The molecule has 1 saturated heterocycles. The second-order valence-electron chi connectivity index (χ2n) is 8.42. The largest absolute Gasteiger partial charge is 0.497 e. The number of esters is 1. The Balaban J connectivity index is 1.74. The summed E-state index contributed by atoms with van der Waals surface area (Å²) in [7, 11) is 2.97. The molecule has 0 aromatic heterocycles. The van der Waals surface area contributed by atoms with Gasteiger partial charge < -0.3 is 14.2 Å². The van der Waals surface area contributed by atoms with Crippen LogP contribution in [0.25, 0.3) is 0 Å². The monoisotopic (exact) mass is 443 g/mol. The molecule has 3 aromatic rings. The van der Waals surface area contributed by atoms with Gasteiger partial charge >= 0.3 is 5.97 Å². The van der Waals surface area contributed by atoms with Crippen LogP contribution in [-0.4, -0.2) is 38.6 Å². The molecule has 1 fully saturated rings. The molecule has 2 aliphatic rings. The summed E-state index contributed by atoms with van der Waals surface area (Å²) >= 11 is 0. The maximum Gasteiger partial charge on any atom is 0.323 e. The van der Waals surface area contributed by atoms with Gasteiger partial charge in [-0.1, -0.05) is 54.6 Å². The number of nitrogens with one attached hydrogen (secondary N) is 1. The molecule has 1 N–H and O–H groups in total. The third-order valence-corrected chi connectivity index (χ3v) is 6.83. The third-order valence-electron chi connectivity index (χ3n) is 6.83. The quantitative estimate of drug-likeness (QED) is 0.616. The zero-order valence-corrected chi connectivity index (χ0v) is 18.5. The highest BCUT2D eigenvalue weighted by Gasteiger charge is 2.64. The molecule has 168 valence electrons. The molecular formula is C27H25NO5. The van der Waals surface area contributed by atoms with Crippen LogP contribution in [0.4, 0.5) is 0 Å². The van der Waals surface area contributed by atoms with Gasteiger partial charge in [0.2, 0.25) is 0 Å². The zero-order valence-electron chi connectivity index (χ0n) is 18.5. The third kappa shape index (κ3) is 3.29. The van der Waals surface area contributed by atoms with Crippen LogP contribution in [-0.2, 0) is 9.53 Å². The van der Waals surface area contributed by atoms with Crippen LogP contribution in [0.5, 0.6) is 11.5 Å². The number of methoxy groups -OCH3 is 2. The van der Waals surface area contributed by atoms with Crippen molar-refractivity contribution in [1.82, 2.24) is 5.32 Å². The molecule has 6 nitrogen and oxygen atoms in total. The Bertz CT molecular complexity index is 1180. The lowest BCUT2D eigenvalue weighted by Gasteiger charge is -2.41. The van der Waals surface area contributed by atoms with Crippen molar-refractivity contribution in [1.29, 1.82) is 0 Å². The Morgan fingerprint density at radius 3 is 2.33 bits per heavy atom. The van der Waals surface area contributed by atoms with E-state index in [1.807, 2.05) is 66.7 Å².